The lowest BCUT2D eigenvalue weighted by Gasteiger charge is -2.15. The van der Waals surface area contributed by atoms with Crippen molar-refractivity contribution in [2.45, 2.75) is 66.2 Å². The van der Waals surface area contributed by atoms with Gasteiger partial charge in [0.2, 0.25) is 0 Å². The highest BCUT2D eigenvalue weighted by molar-refractivity contribution is 5.97. The first-order valence-electron chi connectivity index (χ1n) is 9.15. The Bertz CT molecular complexity index is 639. The van der Waals surface area contributed by atoms with Gasteiger partial charge in [0, 0.05) is 24.7 Å². The van der Waals surface area contributed by atoms with Crippen molar-refractivity contribution in [3.63, 3.8) is 0 Å². The van der Waals surface area contributed by atoms with E-state index in [-0.39, 0.29) is 11.6 Å². The summed E-state index contributed by atoms with van der Waals surface area (Å²) in [4.78, 5) is 45.7. The summed E-state index contributed by atoms with van der Waals surface area (Å²) in [5, 5.41) is 0. The fourth-order valence-electron chi connectivity index (χ4n) is 2.50. The normalized spacial score (nSPS) is 11.8. The maximum Gasteiger partial charge on any atom is 0.145 e. The van der Waals surface area contributed by atoms with Crippen LogP contribution in [0.5, 0.6) is 0 Å². The second-order valence-electron chi connectivity index (χ2n) is 8.25. The minimum Gasteiger partial charge on any atom is -0.303 e. The maximum atomic E-state index is 12.0. The zero-order chi connectivity index (χ0) is 19.8. The standard InChI is InChI=1S/C22H30O4/c1-21(2,15-23)13-12-19(25)14-18-10-8-17(9-11-18)6-5-7-20(26)22(3,4)16-24/h8-11,15-16H,5-7,12-14H2,1-4H3. The van der Waals surface area contributed by atoms with Gasteiger partial charge >= 0.3 is 0 Å². The van der Waals surface area contributed by atoms with Crippen LogP contribution in [-0.2, 0) is 32.0 Å². The van der Waals surface area contributed by atoms with E-state index in [2.05, 4.69) is 0 Å². The fraction of sp³-hybridized carbons (Fsp3) is 0.545. The molecule has 0 aliphatic heterocycles. The van der Waals surface area contributed by atoms with Gasteiger partial charge in [0.1, 0.15) is 24.1 Å². The average molecular weight is 358 g/mol. The Hall–Kier alpha value is -2.10. The molecular weight excluding hydrogens is 328 g/mol. The lowest BCUT2D eigenvalue weighted by Crippen LogP contribution is -2.25. The molecule has 0 saturated heterocycles. The number of ketones is 2. The van der Waals surface area contributed by atoms with E-state index in [4.69, 9.17) is 0 Å². The highest BCUT2D eigenvalue weighted by atomic mass is 16.1. The van der Waals surface area contributed by atoms with Crippen LogP contribution in [0.4, 0.5) is 0 Å². The number of Topliss-reactive ketones (excluding diaryl/α,β-unsaturated/α-hetero) is 2. The maximum absolute atomic E-state index is 12.0. The number of aldehydes is 2. The molecule has 0 saturated carbocycles. The number of rotatable bonds is 12. The Labute approximate surface area is 156 Å². The van der Waals surface area contributed by atoms with Crippen LogP contribution in [0.2, 0.25) is 0 Å². The molecule has 0 heterocycles. The third kappa shape index (κ3) is 7.42. The van der Waals surface area contributed by atoms with Gasteiger partial charge in [-0.2, -0.15) is 0 Å². The summed E-state index contributed by atoms with van der Waals surface area (Å²) in [7, 11) is 0. The minimum absolute atomic E-state index is 0.0343. The summed E-state index contributed by atoms with van der Waals surface area (Å²) >= 11 is 0. The zero-order valence-corrected chi connectivity index (χ0v) is 16.3. The van der Waals surface area contributed by atoms with E-state index in [0.717, 1.165) is 23.8 Å². The van der Waals surface area contributed by atoms with Crippen LogP contribution in [0.1, 0.15) is 64.5 Å². The monoisotopic (exact) mass is 358 g/mol. The molecule has 0 bridgehead atoms. The van der Waals surface area contributed by atoms with Gasteiger partial charge in [-0.15, -0.1) is 0 Å². The van der Waals surface area contributed by atoms with Crippen molar-refractivity contribution in [2.75, 3.05) is 0 Å². The van der Waals surface area contributed by atoms with Crippen LogP contribution < -0.4 is 0 Å². The molecule has 1 rings (SSSR count). The second-order valence-corrected chi connectivity index (χ2v) is 8.25. The molecule has 0 fully saturated rings. The van der Waals surface area contributed by atoms with E-state index < -0.39 is 10.8 Å². The predicted octanol–water partition coefficient (Wildman–Crippen LogP) is 3.92. The predicted molar refractivity (Wildman–Crippen MR) is 102 cm³/mol. The highest BCUT2D eigenvalue weighted by Gasteiger charge is 2.25. The molecular formula is C22H30O4. The Morgan fingerprint density at radius 3 is 2.00 bits per heavy atom. The van der Waals surface area contributed by atoms with Gasteiger partial charge in [-0.3, -0.25) is 9.59 Å². The lowest BCUT2D eigenvalue weighted by atomic mass is 9.87. The molecule has 0 aromatic heterocycles. The van der Waals surface area contributed by atoms with E-state index >= 15 is 0 Å². The first-order valence-corrected chi connectivity index (χ1v) is 9.15. The Kier molecular flexibility index (Phi) is 8.07. The third-order valence-electron chi connectivity index (χ3n) is 4.67. The number of aryl methyl sites for hydroxylation is 1. The minimum atomic E-state index is -0.900. The van der Waals surface area contributed by atoms with E-state index in [1.165, 1.54) is 0 Å². The number of carbonyl (C=O) groups excluding carboxylic acids is 4. The van der Waals surface area contributed by atoms with Gasteiger partial charge in [0.15, 0.2) is 0 Å². The van der Waals surface area contributed by atoms with Gasteiger partial charge < -0.3 is 9.59 Å². The zero-order valence-electron chi connectivity index (χ0n) is 16.3. The molecule has 0 amide bonds. The van der Waals surface area contributed by atoms with Crippen LogP contribution in [-0.4, -0.2) is 24.1 Å². The van der Waals surface area contributed by atoms with Crippen molar-refractivity contribution in [3.05, 3.63) is 35.4 Å². The molecule has 0 aliphatic rings. The summed E-state index contributed by atoms with van der Waals surface area (Å²) in [5.74, 6) is 0.0994. The molecule has 4 nitrogen and oxygen atoms in total. The summed E-state index contributed by atoms with van der Waals surface area (Å²) in [6.07, 6.45) is 4.81. The molecule has 0 N–H and O–H groups in total. The van der Waals surface area contributed by atoms with E-state index in [0.29, 0.717) is 38.4 Å². The fourth-order valence-corrected chi connectivity index (χ4v) is 2.50. The Balaban J connectivity index is 2.44. The number of hydrogen-bond donors (Lipinski definition) is 0. The molecule has 0 aliphatic carbocycles. The lowest BCUT2D eigenvalue weighted by molar-refractivity contribution is -0.132. The summed E-state index contributed by atoms with van der Waals surface area (Å²) in [6.45, 7) is 6.96. The topological polar surface area (TPSA) is 68.3 Å². The van der Waals surface area contributed by atoms with Crippen molar-refractivity contribution in [3.8, 4) is 0 Å². The largest absolute Gasteiger partial charge is 0.303 e. The summed E-state index contributed by atoms with van der Waals surface area (Å²) in [6, 6.07) is 7.84. The smallest absolute Gasteiger partial charge is 0.145 e. The molecule has 0 radical (unpaired) electrons. The summed E-state index contributed by atoms with van der Waals surface area (Å²) < 4.78 is 0. The number of carbonyl (C=O) groups is 4. The Morgan fingerprint density at radius 2 is 1.46 bits per heavy atom. The van der Waals surface area contributed by atoms with Crippen molar-refractivity contribution >= 4 is 24.1 Å². The van der Waals surface area contributed by atoms with Gasteiger partial charge in [0.05, 0.1) is 5.41 Å². The molecule has 1 aromatic rings. The number of benzene rings is 1. The molecule has 26 heavy (non-hydrogen) atoms. The first-order chi connectivity index (χ1) is 12.1. The van der Waals surface area contributed by atoms with Crippen molar-refractivity contribution in [1.82, 2.24) is 0 Å². The third-order valence-corrected chi connectivity index (χ3v) is 4.67. The molecule has 0 spiro atoms. The number of hydrogen-bond acceptors (Lipinski definition) is 4. The second kappa shape index (κ2) is 9.56. The first kappa shape index (κ1) is 21.9. The average Bonchev–Trinajstić information content (AvgIpc) is 2.61. The van der Waals surface area contributed by atoms with Crippen molar-refractivity contribution in [2.24, 2.45) is 10.8 Å². The van der Waals surface area contributed by atoms with Gasteiger partial charge in [-0.25, -0.2) is 0 Å². The van der Waals surface area contributed by atoms with E-state index in [1.807, 2.05) is 38.1 Å². The van der Waals surface area contributed by atoms with Crippen LogP contribution in [0.15, 0.2) is 24.3 Å². The quantitative estimate of drug-likeness (QED) is 0.419. The Morgan fingerprint density at radius 1 is 0.885 bits per heavy atom. The van der Waals surface area contributed by atoms with Crippen molar-refractivity contribution in [1.29, 1.82) is 0 Å². The van der Waals surface area contributed by atoms with Crippen LogP contribution >= 0.6 is 0 Å². The van der Waals surface area contributed by atoms with Crippen molar-refractivity contribution < 1.29 is 19.2 Å². The van der Waals surface area contributed by atoms with Crippen LogP contribution in [0.25, 0.3) is 0 Å². The molecule has 1 aromatic carbocycles. The molecule has 0 atom stereocenters. The highest BCUT2D eigenvalue weighted by Crippen LogP contribution is 2.20. The van der Waals surface area contributed by atoms with E-state index in [9.17, 15) is 19.2 Å². The molecule has 142 valence electrons. The molecule has 0 unspecified atom stereocenters. The summed E-state index contributed by atoms with van der Waals surface area (Å²) in [5.41, 5.74) is 0.721. The van der Waals surface area contributed by atoms with Crippen LogP contribution in [0, 0.1) is 10.8 Å². The van der Waals surface area contributed by atoms with Crippen LogP contribution in [0.3, 0.4) is 0 Å². The van der Waals surface area contributed by atoms with E-state index in [1.54, 1.807) is 13.8 Å². The SMILES string of the molecule is CC(C)(C=O)CCC(=O)Cc1ccc(CCCC(=O)C(C)(C)C=O)cc1. The molecule has 4 heteroatoms. The van der Waals surface area contributed by atoms with Gasteiger partial charge in [0.25, 0.3) is 0 Å². The van der Waals surface area contributed by atoms with Gasteiger partial charge in [-0.05, 0) is 44.2 Å². The van der Waals surface area contributed by atoms with Gasteiger partial charge in [-0.1, -0.05) is 38.1 Å².